The Bertz CT molecular complexity index is 1030. The fourth-order valence-corrected chi connectivity index (χ4v) is 3.05. The van der Waals surface area contributed by atoms with Crippen LogP contribution in [0, 0.1) is 0 Å². The van der Waals surface area contributed by atoms with Crippen molar-refractivity contribution in [3.63, 3.8) is 0 Å². The third kappa shape index (κ3) is 5.03. The average Bonchev–Trinajstić information content (AvgIpc) is 2.79. The largest absolute Gasteiger partial charge is 0.489 e. The Kier molecular flexibility index (Phi) is 5.89. The molecule has 4 aromatic rings. The first-order chi connectivity index (χ1) is 14.3. The molecule has 0 aliphatic heterocycles. The molecule has 29 heavy (non-hydrogen) atoms. The summed E-state index contributed by atoms with van der Waals surface area (Å²) in [5.41, 5.74) is 2.69. The summed E-state index contributed by atoms with van der Waals surface area (Å²) in [4.78, 5) is 0. The highest BCUT2D eigenvalue weighted by Crippen LogP contribution is 2.28. The van der Waals surface area contributed by atoms with Crippen molar-refractivity contribution in [1.29, 1.82) is 0 Å². The molecule has 3 nitrogen and oxygen atoms in total. The lowest BCUT2D eigenvalue weighted by atomic mass is 10.0. The van der Waals surface area contributed by atoms with Crippen molar-refractivity contribution in [2.75, 3.05) is 0 Å². The topological polar surface area (TPSA) is 38.7 Å². The van der Waals surface area contributed by atoms with Crippen LogP contribution in [0.2, 0.25) is 0 Å². The maximum absolute atomic E-state index is 10.8. The van der Waals surface area contributed by atoms with Gasteiger partial charge in [-0.1, -0.05) is 72.8 Å². The number of rotatable bonds is 7. The van der Waals surface area contributed by atoms with Gasteiger partial charge in [-0.2, -0.15) is 0 Å². The van der Waals surface area contributed by atoms with Gasteiger partial charge in [-0.15, -0.1) is 0 Å². The normalized spacial score (nSPS) is 11.6. The predicted octanol–water partition coefficient (Wildman–Crippen LogP) is 6.14. The van der Waals surface area contributed by atoms with E-state index in [1.807, 2.05) is 109 Å². The second-order valence-electron chi connectivity index (χ2n) is 6.73. The molecule has 0 heterocycles. The maximum Gasteiger partial charge on any atom is 0.127 e. The molecule has 0 aliphatic carbocycles. The Morgan fingerprint density at radius 3 is 1.93 bits per heavy atom. The summed E-state index contributed by atoms with van der Waals surface area (Å²) in [6, 6.07) is 34.7. The van der Waals surface area contributed by atoms with Gasteiger partial charge in [0.05, 0.1) is 0 Å². The quantitative estimate of drug-likeness (QED) is 0.417. The van der Waals surface area contributed by atoms with Crippen molar-refractivity contribution in [2.24, 2.45) is 0 Å². The lowest BCUT2D eigenvalue weighted by Crippen LogP contribution is -2.01. The van der Waals surface area contributed by atoms with Crippen LogP contribution in [-0.2, 0) is 6.61 Å². The fraction of sp³-hybridized carbons (Fsp3) is 0.0769. The number of hydrogen-bond acceptors (Lipinski definition) is 3. The van der Waals surface area contributed by atoms with E-state index in [0.29, 0.717) is 6.61 Å². The SMILES string of the molecule is O[C@@H](c1ccc(Oc2ccccc2)cc1)c1cccc(OCc2ccccc2)c1. The first-order valence-corrected chi connectivity index (χ1v) is 9.55. The second kappa shape index (κ2) is 9.09. The van der Waals surface area contributed by atoms with Gasteiger partial charge in [0.25, 0.3) is 0 Å². The molecule has 1 N–H and O–H groups in total. The summed E-state index contributed by atoms with van der Waals surface area (Å²) in [7, 11) is 0. The van der Waals surface area contributed by atoms with Crippen LogP contribution < -0.4 is 9.47 Å². The number of benzene rings is 4. The van der Waals surface area contributed by atoms with Gasteiger partial charge in [-0.25, -0.2) is 0 Å². The van der Waals surface area contributed by atoms with Crippen LogP contribution in [0.4, 0.5) is 0 Å². The van der Waals surface area contributed by atoms with Crippen LogP contribution in [0.25, 0.3) is 0 Å². The molecule has 0 unspecified atom stereocenters. The van der Waals surface area contributed by atoms with E-state index in [-0.39, 0.29) is 0 Å². The van der Waals surface area contributed by atoms with Gasteiger partial charge >= 0.3 is 0 Å². The summed E-state index contributed by atoms with van der Waals surface area (Å²) in [6.07, 6.45) is -0.735. The molecule has 0 saturated heterocycles. The number of ether oxygens (including phenoxy) is 2. The van der Waals surface area contributed by atoms with Gasteiger partial charge < -0.3 is 14.6 Å². The monoisotopic (exact) mass is 382 g/mol. The molecule has 4 rings (SSSR count). The van der Waals surface area contributed by atoms with Crippen LogP contribution in [0.15, 0.2) is 109 Å². The standard InChI is InChI=1S/C26H22O3/c27-26(21-14-16-24(17-15-21)29-23-11-5-2-6-12-23)22-10-7-13-25(18-22)28-19-20-8-3-1-4-9-20/h1-18,26-27H,19H2/t26-/m0/s1. The van der Waals surface area contributed by atoms with Crippen LogP contribution in [-0.4, -0.2) is 5.11 Å². The minimum atomic E-state index is -0.735. The van der Waals surface area contributed by atoms with Gasteiger partial charge in [-0.05, 0) is 53.1 Å². The van der Waals surface area contributed by atoms with Crippen molar-refractivity contribution in [3.05, 3.63) is 126 Å². The van der Waals surface area contributed by atoms with E-state index >= 15 is 0 Å². The van der Waals surface area contributed by atoms with Crippen LogP contribution >= 0.6 is 0 Å². The van der Waals surface area contributed by atoms with Gasteiger partial charge in [0.2, 0.25) is 0 Å². The van der Waals surface area contributed by atoms with E-state index < -0.39 is 6.10 Å². The zero-order valence-electron chi connectivity index (χ0n) is 15.9. The molecule has 0 spiro atoms. The smallest absolute Gasteiger partial charge is 0.127 e. The van der Waals surface area contributed by atoms with Gasteiger partial charge in [0, 0.05) is 0 Å². The fourth-order valence-electron chi connectivity index (χ4n) is 3.05. The molecule has 1 atom stereocenters. The van der Waals surface area contributed by atoms with Crippen LogP contribution in [0.3, 0.4) is 0 Å². The first-order valence-electron chi connectivity index (χ1n) is 9.55. The second-order valence-corrected chi connectivity index (χ2v) is 6.73. The van der Waals surface area contributed by atoms with E-state index in [2.05, 4.69) is 0 Å². The van der Waals surface area contributed by atoms with Crippen molar-refractivity contribution in [2.45, 2.75) is 12.7 Å². The van der Waals surface area contributed by atoms with Crippen molar-refractivity contribution < 1.29 is 14.6 Å². The Balaban J connectivity index is 1.43. The Morgan fingerprint density at radius 2 is 1.21 bits per heavy atom. The molecule has 0 bridgehead atoms. The molecular weight excluding hydrogens is 360 g/mol. The molecule has 4 aromatic carbocycles. The summed E-state index contributed by atoms with van der Waals surface area (Å²) in [5, 5.41) is 10.8. The highest BCUT2D eigenvalue weighted by molar-refractivity contribution is 5.38. The first kappa shape index (κ1) is 18.8. The van der Waals surface area contributed by atoms with Crippen LogP contribution in [0.1, 0.15) is 22.8 Å². The predicted molar refractivity (Wildman–Crippen MR) is 114 cm³/mol. The lowest BCUT2D eigenvalue weighted by molar-refractivity contribution is 0.219. The molecule has 0 radical (unpaired) electrons. The van der Waals surface area contributed by atoms with Crippen molar-refractivity contribution in [1.82, 2.24) is 0 Å². The van der Waals surface area contributed by atoms with E-state index in [9.17, 15) is 5.11 Å². The molecule has 0 aliphatic rings. The number of aliphatic hydroxyl groups is 1. The summed E-state index contributed by atoms with van der Waals surface area (Å²) in [5.74, 6) is 2.24. The Morgan fingerprint density at radius 1 is 0.586 bits per heavy atom. The molecule has 144 valence electrons. The summed E-state index contributed by atoms with van der Waals surface area (Å²) in [6.45, 7) is 0.492. The maximum atomic E-state index is 10.8. The van der Waals surface area contributed by atoms with Crippen molar-refractivity contribution >= 4 is 0 Å². The summed E-state index contributed by atoms with van der Waals surface area (Å²) < 4.78 is 11.7. The van der Waals surface area contributed by atoms with E-state index in [4.69, 9.17) is 9.47 Å². The average molecular weight is 382 g/mol. The third-order valence-corrected chi connectivity index (χ3v) is 4.60. The van der Waals surface area contributed by atoms with E-state index in [1.165, 1.54) is 0 Å². The number of aliphatic hydroxyl groups excluding tert-OH is 1. The molecule has 0 amide bonds. The zero-order chi connectivity index (χ0) is 19.9. The Hall–Kier alpha value is -3.56. The van der Waals surface area contributed by atoms with E-state index in [1.54, 1.807) is 0 Å². The lowest BCUT2D eigenvalue weighted by Gasteiger charge is -2.14. The third-order valence-electron chi connectivity index (χ3n) is 4.60. The molecular formula is C26H22O3. The molecule has 3 heteroatoms. The minimum absolute atomic E-state index is 0.492. The van der Waals surface area contributed by atoms with E-state index in [0.717, 1.165) is 33.9 Å². The molecule has 0 saturated carbocycles. The van der Waals surface area contributed by atoms with Gasteiger partial charge in [0.1, 0.15) is 30.0 Å². The summed E-state index contributed by atoms with van der Waals surface area (Å²) >= 11 is 0. The van der Waals surface area contributed by atoms with Gasteiger partial charge in [-0.3, -0.25) is 0 Å². The molecule has 0 fully saturated rings. The van der Waals surface area contributed by atoms with Gasteiger partial charge in [0.15, 0.2) is 0 Å². The van der Waals surface area contributed by atoms with Crippen LogP contribution in [0.5, 0.6) is 17.2 Å². The number of para-hydroxylation sites is 1. The highest BCUT2D eigenvalue weighted by atomic mass is 16.5. The highest BCUT2D eigenvalue weighted by Gasteiger charge is 2.12. The number of hydrogen-bond donors (Lipinski definition) is 1. The molecule has 0 aromatic heterocycles. The Labute approximate surface area is 170 Å². The van der Waals surface area contributed by atoms with Crippen molar-refractivity contribution in [3.8, 4) is 17.2 Å². The zero-order valence-corrected chi connectivity index (χ0v) is 15.9. The minimum Gasteiger partial charge on any atom is -0.489 e.